The molecule has 0 atom stereocenters. The number of carbonyl (C=O) groups is 4. The van der Waals surface area contributed by atoms with Gasteiger partial charge in [-0.3, -0.25) is 20.2 Å². The van der Waals surface area contributed by atoms with Crippen LogP contribution in [0.3, 0.4) is 0 Å². The molecule has 0 aromatic heterocycles. The number of rotatable bonds is 5. The molecular weight excluding hydrogens is 400 g/mol. The van der Waals surface area contributed by atoms with Crippen molar-refractivity contribution in [2.75, 3.05) is 6.61 Å². The van der Waals surface area contributed by atoms with Gasteiger partial charge in [-0.25, -0.2) is 9.59 Å². The summed E-state index contributed by atoms with van der Waals surface area (Å²) < 4.78 is 10.9. The Morgan fingerprint density at radius 1 is 1.00 bits per heavy atom. The van der Waals surface area contributed by atoms with Gasteiger partial charge < -0.3 is 9.47 Å². The molecule has 0 spiro atoms. The summed E-state index contributed by atoms with van der Waals surface area (Å²) in [5.74, 6) is -1.80. The average Bonchev–Trinajstić information content (AvgIpc) is 2.67. The molecule has 29 heavy (non-hydrogen) atoms. The number of benzene rings is 2. The summed E-state index contributed by atoms with van der Waals surface area (Å²) in [5.41, 5.74) is 0.510. The van der Waals surface area contributed by atoms with Crippen LogP contribution in [0.1, 0.15) is 22.8 Å². The zero-order chi connectivity index (χ0) is 21.0. The number of amides is 4. The highest BCUT2D eigenvalue weighted by atomic mass is 35.5. The standard InChI is InChI=1S/C20H15ClN2O6/c1-2-28-16-10-11(9-14-17(24)22-20(27)23-18(14)25)3-8-15(16)29-19(26)12-4-6-13(21)7-5-12/h3-10H,2H2,1H3,(H2,22,23,24,25,27). The number of carbonyl (C=O) groups excluding carboxylic acids is 4. The van der Waals surface area contributed by atoms with E-state index in [0.717, 1.165) is 0 Å². The molecule has 4 amide bonds. The fourth-order valence-corrected chi connectivity index (χ4v) is 2.61. The van der Waals surface area contributed by atoms with Gasteiger partial charge in [0.25, 0.3) is 11.8 Å². The Morgan fingerprint density at radius 2 is 1.66 bits per heavy atom. The molecule has 148 valence electrons. The Labute approximate surface area is 170 Å². The predicted octanol–water partition coefficient (Wildman–Crippen LogP) is 2.71. The molecule has 0 radical (unpaired) electrons. The van der Waals surface area contributed by atoms with Crippen molar-refractivity contribution in [1.29, 1.82) is 0 Å². The first-order chi connectivity index (χ1) is 13.9. The van der Waals surface area contributed by atoms with Crippen LogP contribution >= 0.6 is 11.6 Å². The average molecular weight is 415 g/mol. The number of ether oxygens (including phenoxy) is 2. The number of urea groups is 1. The van der Waals surface area contributed by atoms with Gasteiger partial charge in [-0.15, -0.1) is 0 Å². The fourth-order valence-electron chi connectivity index (χ4n) is 2.48. The normalized spacial score (nSPS) is 13.4. The molecule has 2 aromatic rings. The molecule has 1 heterocycles. The van der Waals surface area contributed by atoms with Gasteiger partial charge in [-0.2, -0.15) is 0 Å². The molecule has 1 fully saturated rings. The van der Waals surface area contributed by atoms with E-state index in [0.29, 0.717) is 22.8 Å². The number of imide groups is 2. The van der Waals surface area contributed by atoms with Crippen molar-refractivity contribution in [1.82, 2.24) is 10.6 Å². The second-order valence-electron chi connectivity index (χ2n) is 5.83. The van der Waals surface area contributed by atoms with Gasteiger partial charge in [-0.1, -0.05) is 17.7 Å². The maximum absolute atomic E-state index is 12.3. The maximum atomic E-state index is 12.3. The molecule has 0 unspecified atom stereocenters. The highest BCUT2D eigenvalue weighted by Gasteiger charge is 2.27. The molecule has 1 aliphatic rings. The summed E-state index contributed by atoms with van der Waals surface area (Å²) in [4.78, 5) is 47.2. The summed E-state index contributed by atoms with van der Waals surface area (Å²) in [5, 5.41) is 4.47. The van der Waals surface area contributed by atoms with Gasteiger partial charge in [0.05, 0.1) is 12.2 Å². The van der Waals surface area contributed by atoms with Crippen LogP contribution in [0.25, 0.3) is 6.08 Å². The lowest BCUT2D eigenvalue weighted by Gasteiger charge is -2.15. The van der Waals surface area contributed by atoms with Gasteiger partial charge >= 0.3 is 12.0 Å². The number of hydrogen-bond acceptors (Lipinski definition) is 6. The number of esters is 1. The van der Waals surface area contributed by atoms with Crippen LogP contribution < -0.4 is 20.1 Å². The minimum Gasteiger partial charge on any atom is -0.490 e. The smallest absolute Gasteiger partial charge is 0.343 e. The van der Waals surface area contributed by atoms with E-state index in [1.165, 1.54) is 36.4 Å². The van der Waals surface area contributed by atoms with E-state index in [1.54, 1.807) is 19.1 Å². The van der Waals surface area contributed by atoms with Crippen LogP contribution in [0.15, 0.2) is 48.0 Å². The van der Waals surface area contributed by atoms with Gasteiger partial charge in [-0.05, 0) is 55.0 Å². The summed E-state index contributed by atoms with van der Waals surface area (Å²) >= 11 is 5.82. The van der Waals surface area contributed by atoms with E-state index in [-0.39, 0.29) is 17.1 Å². The zero-order valence-corrected chi connectivity index (χ0v) is 15.9. The molecule has 1 saturated heterocycles. The lowest BCUT2D eigenvalue weighted by Crippen LogP contribution is -2.51. The maximum Gasteiger partial charge on any atom is 0.343 e. The van der Waals surface area contributed by atoms with E-state index < -0.39 is 23.8 Å². The first-order valence-electron chi connectivity index (χ1n) is 8.50. The largest absolute Gasteiger partial charge is 0.490 e. The Kier molecular flexibility index (Phi) is 5.94. The monoisotopic (exact) mass is 414 g/mol. The fraction of sp³-hybridized carbons (Fsp3) is 0.100. The van der Waals surface area contributed by atoms with Crippen LogP contribution in [0.4, 0.5) is 4.79 Å². The van der Waals surface area contributed by atoms with Crippen LogP contribution in [0.5, 0.6) is 11.5 Å². The third kappa shape index (κ3) is 4.80. The van der Waals surface area contributed by atoms with Crippen molar-refractivity contribution in [2.45, 2.75) is 6.92 Å². The third-order valence-electron chi connectivity index (χ3n) is 3.80. The number of barbiturate groups is 1. The lowest BCUT2D eigenvalue weighted by atomic mass is 10.1. The van der Waals surface area contributed by atoms with E-state index >= 15 is 0 Å². The number of halogens is 1. The van der Waals surface area contributed by atoms with Crippen molar-refractivity contribution in [3.8, 4) is 11.5 Å². The Bertz CT molecular complexity index is 1010. The minimum absolute atomic E-state index is 0.168. The summed E-state index contributed by atoms with van der Waals surface area (Å²) in [6.45, 7) is 2.05. The molecule has 2 aromatic carbocycles. The molecule has 2 N–H and O–H groups in total. The molecule has 0 saturated carbocycles. The van der Waals surface area contributed by atoms with Crippen LogP contribution in [-0.2, 0) is 9.59 Å². The zero-order valence-electron chi connectivity index (χ0n) is 15.2. The SMILES string of the molecule is CCOc1cc(C=C2C(=O)NC(=O)NC2=O)ccc1OC(=O)c1ccc(Cl)cc1. The van der Waals surface area contributed by atoms with Gasteiger partial charge in [0, 0.05) is 5.02 Å². The molecule has 1 aliphatic heterocycles. The highest BCUT2D eigenvalue weighted by Crippen LogP contribution is 2.30. The van der Waals surface area contributed by atoms with Gasteiger partial charge in [0.2, 0.25) is 0 Å². The second kappa shape index (κ2) is 8.57. The first kappa shape index (κ1) is 20.1. The van der Waals surface area contributed by atoms with Crippen molar-refractivity contribution >= 4 is 41.5 Å². The first-order valence-corrected chi connectivity index (χ1v) is 8.88. The molecule has 9 heteroatoms. The Morgan fingerprint density at radius 3 is 2.28 bits per heavy atom. The molecule has 0 bridgehead atoms. The topological polar surface area (TPSA) is 111 Å². The number of hydrogen-bond donors (Lipinski definition) is 2. The highest BCUT2D eigenvalue weighted by molar-refractivity contribution is 6.31. The van der Waals surface area contributed by atoms with Crippen molar-refractivity contribution < 1.29 is 28.7 Å². The second-order valence-corrected chi connectivity index (χ2v) is 6.27. The molecule has 0 aliphatic carbocycles. The van der Waals surface area contributed by atoms with Crippen molar-refractivity contribution in [2.24, 2.45) is 0 Å². The molecule has 8 nitrogen and oxygen atoms in total. The lowest BCUT2D eigenvalue weighted by molar-refractivity contribution is -0.123. The number of nitrogens with one attached hydrogen (secondary N) is 2. The Hall–Kier alpha value is -3.65. The quantitative estimate of drug-likeness (QED) is 0.337. The van der Waals surface area contributed by atoms with Crippen LogP contribution in [-0.4, -0.2) is 30.4 Å². The minimum atomic E-state index is -0.878. The van der Waals surface area contributed by atoms with Crippen molar-refractivity contribution in [3.05, 3.63) is 64.2 Å². The summed E-state index contributed by atoms with van der Waals surface area (Å²) in [7, 11) is 0. The van der Waals surface area contributed by atoms with E-state index in [1.807, 2.05) is 10.6 Å². The van der Waals surface area contributed by atoms with Crippen LogP contribution in [0, 0.1) is 0 Å². The van der Waals surface area contributed by atoms with Crippen LogP contribution in [0.2, 0.25) is 5.02 Å². The van der Waals surface area contributed by atoms with Gasteiger partial charge in [0.1, 0.15) is 5.57 Å². The van der Waals surface area contributed by atoms with Gasteiger partial charge in [0.15, 0.2) is 11.5 Å². The Balaban J connectivity index is 1.87. The molecule has 3 rings (SSSR count). The van der Waals surface area contributed by atoms with E-state index in [9.17, 15) is 19.2 Å². The van der Waals surface area contributed by atoms with Crippen molar-refractivity contribution in [3.63, 3.8) is 0 Å². The summed E-state index contributed by atoms with van der Waals surface area (Å²) in [6, 6.07) is 9.86. The van der Waals surface area contributed by atoms with E-state index in [2.05, 4.69) is 0 Å². The predicted molar refractivity (Wildman–Crippen MR) is 104 cm³/mol. The third-order valence-corrected chi connectivity index (χ3v) is 4.06. The summed E-state index contributed by atoms with van der Waals surface area (Å²) in [6.07, 6.45) is 1.30. The van der Waals surface area contributed by atoms with E-state index in [4.69, 9.17) is 21.1 Å². The molecular formula is C20H15ClN2O6.